The molecule has 1 aromatic carbocycles. The van der Waals surface area contributed by atoms with Crippen molar-refractivity contribution in [3.8, 4) is 0 Å². The zero-order valence-electron chi connectivity index (χ0n) is 11.1. The predicted octanol–water partition coefficient (Wildman–Crippen LogP) is 2.68. The molecule has 2 heteroatoms. The zero-order chi connectivity index (χ0) is 13.2. The van der Waals surface area contributed by atoms with Crippen LogP contribution < -0.4 is 5.32 Å². The number of rotatable bonds is 5. The third kappa shape index (κ3) is 2.07. The normalized spacial score (nSPS) is 27.7. The van der Waals surface area contributed by atoms with E-state index in [1.807, 2.05) is 12.2 Å². The van der Waals surface area contributed by atoms with Gasteiger partial charge in [-0.15, -0.1) is 0 Å². The Morgan fingerprint density at radius 3 is 2.58 bits per heavy atom. The number of hydrogen-bond donors (Lipinski definition) is 1. The molecular weight excluding hydrogens is 232 g/mol. The molecule has 2 nitrogen and oxygen atoms in total. The molecule has 2 aliphatic heterocycles. The van der Waals surface area contributed by atoms with E-state index in [0.29, 0.717) is 18.1 Å². The number of nitrogens with one attached hydrogen (secondary N) is 1. The lowest BCUT2D eigenvalue weighted by Gasteiger charge is -2.59. The van der Waals surface area contributed by atoms with Crippen molar-refractivity contribution in [3.05, 3.63) is 72.9 Å². The fourth-order valence-corrected chi connectivity index (χ4v) is 3.06. The van der Waals surface area contributed by atoms with Crippen molar-refractivity contribution >= 4 is 0 Å². The van der Waals surface area contributed by atoms with Crippen molar-refractivity contribution in [1.29, 1.82) is 0 Å². The summed E-state index contributed by atoms with van der Waals surface area (Å²) in [6, 6.07) is 12.4. The molecule has 0 amide bonds. The highest BCUT2D eigenvalue weighted by Gasteiger charge is 2.48. The van der Waals surface area contributed by atoms with Gasteiger partial charge in [-0.05, 0) is 11.1 Å². The molecule has 98 valence electrons. The minimum absolute atomic E-state index is 0.306. The summed E-state index contributed by atoms with van der Waals surface area (Å²) in [6.07, 6.45) is 5.88. The lowest BCUT2D eigenvalue weighted by molar-refractivity contribution is -0.0398. The number of fused-ring (bicyclic) bond motifs is 1. The molecule has 0 spiro atoms. The first kappa shape index (κ1) is 12.4. The molecule has 0 bridgehead atoms. The first-order chi connectivity index (χ1) is 9.35. The second-order valence-electron chi connectivity index (χ2n) is 5.20. The topological polar surface area (TPSA) is 15.3 Å². The van der Waals surface area contributed by atoms with Crippen LogP contribution in [0.3, 0.4) is 0 Å². The lowest BCUT2D eigenvalue weighted by Crippen LogP contribution is -2.78. The quantitative estimate of drug-likeness (QED) is 0.811. The van der Waals surface area contributed by atoms with E-state index in [-0.39, 0.29) is 0 Å². The van der Waals surface area contributed by atoms with Crippen molar-refractivity contribution in [3.63, 3.8) is 0 Å². The van der Waals surface area contributed by atoms with Crippen LogP contribution in [0.4, 0.5) is 0 Å². The Bertz CT molecular complexity index is 503. The fraction of sp³-hybridized carbons (Fsp3) is 0.294. The van der Waals surface area contributed by atoms with Gasteiger partial charge in [-0.1, -0.05) is 61.7 Å². The van der Waals surface area contributed by atoms with E-state index in [1.54, 1.807) is 0 Å². The molecule has 3 rings (SSSR count). The lowest BCUT2D eigenvalue weighted by atomic mass is 9.83. The Morgan fingerprint density at radius 2 is 2.11 bits per heavy atom. The van der Waals surface area contributed by atoms with Crippen LogP contribution in [-0.2, 0) is 0 Å². The average Bonchev–Trinajstić information content (AvgIpc) is 2.43. The Morgan fingerprint density at radius 1 is 1.32 bits per heavy atom. The average molecular weight is 252 g/mol. The molecule has 0 saturated carbocycles. The van der Waals surface area contributed by atoms with Gasteiger partial charge in [-0.2, -0.15) is 0 Å². The summed E-state index contributed by atoms with van der Waals surface area (Å²) in [5, 5.41) is 3.46. The molecule has 1 N–H and O–H groups in total. The Balaban J connectivity index is 1.93. The SMILES string of the molecule is C=C/C=C(\C=C)C(c1ccccc1)N1CC2NCC21. The predicted molar refractivity (Wildman–Crippen MR) is 79.9 cm³/mol. The largest absolute Gasteiger partial charge is 0.310 e. The van der Waals surface area contributed by atoms with Crippen LogP contribution in [0.25, 0.3) is 0 Å². The minimum Gasteiger partial charge on any atom is -0.310 e. The summed E-state index contributed by atoms with van der Waals surface area (Å²) in [7, 11) is 0. The van der Waals surface area contributed by atoms with Crippen LogP contribution in [-0.4, -0.2) is 30.1 Å². The summed E-state index contributed by atoms with van der Waals surface area (Å²) in [5.74, 6) is 0. The van der Waals surface area contributed by atoms with Gasteiger partial charge in [0.15, 0.2) is 0 Å². The molecule has 2 aliphatic rings. The van der Waals surface area contributed by atoms with Gasteiger partial charge in [-0.3, -0.25) is 4.90 Å². The van der Waals surface area contributed by atoms with E-state index in [0.717, 1.165) is 13.1 Å². The van der Waals surface area contributed by atoms with E-state index < -0.39 is 0 Å². The molecule has 3 unspecified atom stereocenters. The summed E-state index contributed by atoms with van der Waals surface area (Å²) in [6.45, 7) is 10.0. The monoisotopic (exact) mass is 252 g/mol. The highest BCUT2D eigenvalue weighted by atomic mass is 15.4. The van der Waals surface area contributed by atoms with Crippen LogP contribution in [0.1, 0.15) is 11.6 Å². The van der Waals surface area contributed by atoms with Crippen molar-refractivity contribution in [1.82, 2.24) is 10.2 Å². The number of piperazine rings is 1. The number of hydrogen-bond acceptors (Lipinski definition) is 2. The molecule has 0 aromatic heterocycles. The molecule has 2 saturated heterocycles. The van der Waals surface area contributed by atoms with Gasteiger partial charge in [0.2, 0.25) is 0 Å². The molecular formula is C17H20N2. The van der Waals surface area contributed by atoms with Crippen molar-refractivity contribution in [2.75, 3.05) is 13.1 Å². The number of benzene rings is 1. The van der Waals surface area contributed by atoms with Crippen LogP contribution in [0.2, 0.25) is 0 Å². The third-order valence-electron chi connectivity index (χ3n) is 4.20. The Labute approximate surface area is 115 Å². The van der Waals surface area contributed by atoms with E-state index in [2.05, 4.69) is 59.8 Å². The number of nitrogens with zero attached hydrogens (tertiary/aromatic N) is 1. The molecule has 1 aromatic rings. The van der Waals surface area contributed by atoms with Gasteiger partial charge in [0.1, 0.15) is 0 Å². The van der Waals surface area contributed by atoms with Gasteiger partial charge in [0.05, 0.1) is 6.04 Å². The van der Waals surface area contributed by atoms with E-state index in [9.17, 15) is 0 Å². The first-order valence-corrected chi connectivity index (χ1v) is 6.84. The van der Waals surface area contributed by atoms with Gasteiger partial charge in [-0.25, -0.2) is 0 Å². The van der Waals surface area contributed by atoms with Crippen molar-refractivity contribution in [2.24, 2.45) is 0 Å². The van der Waals surface area contributed by atoms with Crippen LogP contribution in [0.15, 0.2) is 67.3 Å². The maximum absolute atomic E-state index is 3.97. The summed E-state index contributed by atoms with van der Waals surface area (Å²) in [5.41, 5.74) is 2.56. The fourth-order valence-electron chi connectivity index (χ4n) is 3.06. The number of likely N-dealkylation sites (tertiary alicyclic amines) is 1. The summed E-state index contributed by atoms with van der Waals surface area (Å²) < 4.78 is 0. The van der Waals surface area contributed by atoms with Crippen molar-refractivity contribution < 1.29 is 0 Å². The first-order valence-electron chi connectivity index (χ1n) is 6.84. The van der Waals surface area contributed by atoms with E-state index >= 15 is 0 Å². The summed E-state index contributed by atoms with van der Waals surface area (Å²) >= 11 is 0. The van der Waals surface area contributed by atoms with Crippen LogP contribution >= 0.6 is 0 Å². The second kappa shape index (κ2) is 5.16. The minimum atomic E-state index is 0.306. The summed E-state index contributed by atoms with van der Waals surface area (Å²) in [4.78, 5) is 2.56. The molecule has 3 atom stereocenters. The highest BCUT2D eigenvalue weighted by molar-refractivity contribution is 5.37. The van der Waals surface area contributed by atoms with E-state index in [4.69, 9.17) is 0 Å². The van der Waals surface area contributed by atoms with Crippen LogP contribution in [0.5, 0.6) is 0 Å². The Kier molecular flexibility index (Phi) is 3.36. The van der Waals surface area contributed by atoms with Gasteiger partial charge >= 0.3 is 0 Å². The Hall–Kier alpha value is -1.64. The van der Waals surface area contributed by atoms with Gasteiger partial charge < -0.3 is 5.32 Å². The smallest absolute Gasteiger partial charge is 0.0605 e. The standard InChI is InChI=1S/C17H20N2/c1-3-8-13(4-2)17(14-9-6-5-7-10-14)19-12-15-16(19)11-18-15/h3-10,15-18H,1-2,11-12H2/b13-8+. The molecule has 0 aliphatic carbocycles. The second-order valence-corrected chi connectivity index (χ2v) is 5.20. The maximum Gasteiger partial charge on any atom is 0.0605 e. The van der Waals surface area contributed by atoms with Crippen LogP contribution in [0, 0.1) is 0 Å². The molecule has 2 heterocycles. The number of allylic oxidation sites excluding steroid dienone is 2. The molecule has 2 fully saturated rings. The molecule has 19 heavy (non-hydrogen) atoms. The zero-order valence-corrected chi connectivity index (χ0v) is 11.1. The molecule has 0 radical (unpaired) electrons. The van der Waals surface area contributed by atoms with Crippen molar-refractivity contribution in [2.45, 2.75) is 18.1 Å². The van der Waals surface area contributed by atoms with E-state index in [1.165, 1.54) is 11.1 Å². The van der Waals surface area contributed by atoms with Gasteiger partial charge in [0.25, 0.3) is 0 Å². The highest BCUT2D eigenvalue weighted by Crippen LogP contribution is 2.38. The van der Waals surface area contributed by atoms with Gasteiger partial charge in [0, 0.05) is 25.2 Å². The maximum atomic E-state index is 3.97. The third-order valence-corrected chi connectivity index (χ3v) is 4.20.